The maximum Gasteiger partial charge on any atom is 0.100 e. The molecule has 2 rings (SSSR count). The SMILES string of the molecule is CCCNC(c1ccoc1)C1COCCO1. The summed E-state index contributed by atoms with van der Waals surface area (Å²) in [7, 11) is 0. The van der Waals surface area contributed by atoms with Crippen molar-refractivity contribution >= 4 is 0 Å². The molecule has 4 nitrogen and oxygen atoms in total. The van der Waals surface area contributed by atoms with Crippen molar-refractivity contribution in [2.45, 2.75) is 25.5 Å². The van der Waals surface area contributed by atoms with Crippen LogP contribution in [0.25, 0.3) is 0 Å². The lowest BCUT2D eigenvalue weighted by molar-refractivity contribution is -0.102. The third-order valence-corrected chi connectivity index (χ3v) is 2.73. The molecule has 4 heteroatoms. The third kappa shape index (κ3) is 2.84. The molecule has 1 N–H and O–H groups in total. The second kappa shape index (κ2) is 6.03. The van der Waals surface area contributed by atoms with Crippen LogP contribution in [0.3, 0.4) is 0 Å². The highest BCUT2D eigenvalue weighted by Gasteiger charge is 2.26. The molecular weight excluding hydrogens is 206 g/mol. The molecule has 2 unspecified atom stereocenters. The molecular formula is C12H19NO3. The van der Waals surface area contributed by atoms with Gasteiger partial charge in [0.25, 0.3) is 0 Å². The molecule has 1 fully saturated rings. The zero-order valence-corrected chi connectivity index (χ0v) is 9.65. The molecule has 0 bridgehead atoms. The molecule has 0 aromatic carbocycles. The summed E-state index contributed by atoms with van der Waals surface area (Å²) in [5, 5.41) is 3.48. The average Bonchev–Trinajstić information content (AvgIpc) is 2.85. The highest BCUT2D eigenvalue weighted by Crippen LogP contribution is 2.22. The standard InChI is InChI=1S/C12H19NO3/c1-2-4-13-12(10-3-5-14-8-10)11-9-15-6-7-16-11/h3,5,8,11-13H,2,4,6-7,9H2,1H3. The lowest BCUT2D eigenvalue weighted by atomic mass is 10.0. The zero-order chi connectivity index (χ0) is 11.2. The van der Waals surface area contributed by atoms with Crippen LogP contribution in [-0.2, 0) is 9.47 Å². The summed E-state index contributed by atoms with van der Waals surface area (Å²) >= 11 is 0. The van der Waals surface area contributed by atoms with Crippen LogP contribution in [0.1, 0.15) is 24.9 Å². The van der Waals surface area contributed by atoms with Crippen LogP contribution < -0.4 is 5.32 Å². The Labute approximate surface area is 95.9 Å². The molecule has 2 heterocycles. The summed E-state index contributed by atoms with van der Waals surface area (Å²) in [6.45, 7) is 5.13. The van der Waals surface area contributed by atoms with Crippen LogP contribution in [0.2, 0.25) is 0 Å². The molecule has 2 atom stereocenters. The van der Waals surface area contributed by atoms with Crippen molar-refractivity contribution in [1.82, 2.24) is 5.32 Å². The second-order valence-electron chi connectivity index (χ2n) is 3.97. The fourth-order valence-corrected chi connectivity index (χ4v) is 1.91. The molecule has 0 saturated carbocycles. The molecule has 16 heavy (non-hydrogen) atoms. The van der Waals surface area contributed by atoms with Gasteiger partial charge in [0.2, 0.25) is 0 Å². The van der Waals surface area contributed by atoms with E-state index in [2.05, 4.69) is 12.2 Å². The van der Waals surface area contributed by atoms with Gasteiger partial charge in [-0.15, -0.1) is 0 Å². The lowest BCUT2D eigenvalue weighted by Gasteiger charge is -2.30. The predicted octanol–water partition coefficient (Wildman–Crippen LogP) is 1.74. The van der Waals surface area contributed by atoms with Gasteiger partial charge in [-0.3, -0.25) is 0 Å². The first-order valence-electron chi connectivity index (χ1n) is 5.86. The molecule has 1 aliphatic heterocycles. The normalized spacial score (nSPS) is 23.2. The van der Waals surface area contributed by atoms with Crippen molar-refractivity contribution in [1.29, 1.82) is 0 Å². The monoisotopic (exact) mass is 225 g/mol. The van der Waals surface area contributed by atoms with E-state index >= 15 is 0 Å². The van der Waals surface area contributed by atoms with E-state index in [0.29, 0.717) is 19.8 Å². The van der Waals surface area contributed by atoms with Crippen LogP contribution in [0.5, 0.6) is 0 Å². The van der Waals surface area contributed by atoms with Crippen molar-refractivity contribution in [3.8, 4) is 0 Å². The summed E-state index contributed by atoms with van der Waals surface area (Å²) in [4.78, 5) is 0. The Morgan fingerprint density at radius 1 is 1.50 bits per heavy atom. The Kier molecular flexibility index (Phi) is 4.39. The van der Waals surface area contributed by atoms with E-state index in [-0.39, 0.29) is 12.1 Å². The fraction of sp³-hybridized carbons (Fsp3) is 0.667. The number of hydrogen-bond acceptors (Lipinski definition) is 4. The van der Waals surface area contributed by atoms with Gasteiger partial charge in [0.15, 0.2) is 0 Å². The van der Waals surface area contributed by atoms with E-state index in [1.54, 1.807) is 12.5 Å². The van der Waals surface area contributed by atoms with E-state index in [1.807, 2.05) is 6.07 Å². The lowest BCUT2D eigenvalue weighted by Crippen LogP contribution is -2.40. The van der Waals surface area contributed by atoms with E-state index in [9.17, 15) is 0 Å². The van der Waals surface area contributed by atoms with Gasteiger partial charge in [-0.2, -0.15) is 0 Å². The Morgan fingerprint density at radius 2 is 2.44 bits per heavy atom. The van der Waals surface area contributed by atoms with Gasteiger partial charge in [-0.05, 0) is 19.0 Å². The minimum atomic E-state index is 0.0814. The maximum atomic E-state index is 5.73. The van der Waals surface area contributed by atoms with Crippen LogP contribution in [0, 0.1) is 0 Å². The first kappa shape index (κ1) is 11.6. The van der Waals surface area contributed by atoms with Crippen molar-refractivity contribution < 1.29 is 13.9 Å². The number of rotatable bonds is 5. The fourth-order valence-electron chi connectivity index (χ4n) is 1.91. The molecule has 1 aliphatic rings. The van der Waals surface area contributed by atoms with Crippen molar-refractivity contribution in [2.24, 2.45) is 0 Å². The molecule has 90 valence electrons. The number of hydrogen-bond donors (Lipinski definition) is 1. The smallest absolute Gasteiger partial charge is 0.100 e. The first-order chi connectivity index (χ1) is 7.92. The Morgan fingerprint density at radius 3 is 3.06 bits per heavy atom. The maximum absolute atomic E-state index is 5.73. The van der Waals surface area contributed by atoms with Gasteiger partial charge in [-0.25, -0.2) is 0 Å². The Hall–Kier alpha value is -0.840. The zero-order valence-electron chi connectivity index (χ0n) is 9.65. The number of ether oxygens (including phenoxy) is 2. The van der Waals surface area contributed by atoms with Gasteiger partial charge in [0.05, 0.1) is 38.4 Å². The first-order valence-corrected chi connectivity index (χ1v) is 5.86. The summed E-state index contributed by atoms with van der Waals surface area (Å²) in [6, 6.07) is 2.14. The van der Waals surface area contributed by atoms with E-state index in [4.69, 9.17) is 13.9 Å². The predicted molar refractivity (Wildman–Crippen MR) is 60.3 cm³/mol. The van der Waals surface area contributed by atoms with Crippen LogP contribution in [0.4, 0.5) is 0 Å². The molecule has 0 radical (unpaired) electrons. The summed E-state index contributed by atoms with van der Waals surface area (Å²) < 4.78 is 16.3. The highest BCUT2D eigenvalue weighted by molar-refractivity contribution is 5.13. The minimum absolute atomic E-state index is 0.0814. The molecule has 1 saturated heterocycles. The third-order valence-electron chi connectivity index (χ3n) is 2.73. The number of furan rings is 1. The molecule has 1 aromatic rings. The van der Waals surface area contributed by atoms with Crippen molar-refractivity contribution in [3.63, 3.8) is 0 Å². The van der Waals surface area contributed by atoms with E-state index < -0.39 is 0 Å². The average molecular weight is 225 g/mol. The van der Waals surface area contributed by atoms with Gasteiger partial charge < -0.3 is 19.2 Å². The van der Waals surface area contributed by atoms with Gasteiger partial charge in [-0.1, -0.05) is 6.92 Å². The summed E-state index contributed by atoms with van der Waals surface area (Å²) in [6.07, 6.45) is 4.64. The largest absolute Gasteiger partial charge is 0.472 e. The van der Waals surface area contributed by atoms with Crippen molar-refractivity contribution in [2.75, 3.05) is 26.4 Å². The Balaban J connectivity index is 2.01. The highest BCUT2D eigenvalue weighted by atomic mass is 16.6. The summed E-state index contributed by atoms with van der Waals surface area (Å²) in [5.74, 6) is 0. The van der Waals surface area contributed by atoms with E-state index in [0.717, 1.165) is 18.5 Å². The van der Waals surface area contributed by atoms with Gasteiger partial charge in [0, 0.05) is 5.56 Å². The second-order valence-corrected chi connectivity index (χ2v) is 3.97. The minimum Gasteiger partial charge on any atom is -0.472 e. The van der Waals surface area contributed by atoms with Crippen LogP contribution in [-0.4, -0.2) is 32.5 Å². The molecule has 1 aromatic heterocycles. The van der Waals surface area contributed by atoms with Crippen LogP contribution >= 0.6 is 0 Å². The molecule has 0 aliphatic carbocycles. The van der Waals surface area contributed by atoms with Gasteiger partial charge >= 0.3 is 0 Å². The topological polar surface area (TPSA) is 43.6 Å². The van der Waals surface area contributed by atoms with Crippen LogP contribution in [0.15, 0.2) is 23.0 Å². The van der Waals surface area contributed by atoms with E-state index in [1.165, 1.54) is 0 Å². The Bertz CT molecular complexity index is 280. The molecule has 0 spiro atoms. The quantitative estimate of drug-likeness (QED) is 0.829. The molecule has 0 amide bonds. The van der Waals surface area contributed by atoms with Gasteiger partial charge in [0.1, 0.15) is 6.10 Å². The number of nitrogens with one attached hydrogen (secondary N) is 1. The summed E-state index contributed by atoms with van der Waals surface area (Å²) in [5.41, 5.74) is 1.13. The van der Waals surface area contributed by atoms with Crippen molar-refractivity contribution in [3.05, 3.63) is 24.2 Å².